The second-order valence-corrected chi connectivity index (χ2v) is 4.68. The molecule has 15 heavy (non-hydrogen) atoms. The summed E-state index contributed by atoms with van der Waals surface area (Å²) in [6.07, 6.45) is 2.12. The highest BCUT2D eigenvalue weighted by Crippen LogP contribution is 2.21. The molecule has 80 valence electrons. The van der Waals surface area contributed by atoms with E-state index in [0.717, 1.165) is 5.52 Å². The lowest BCUT2D eigenvalue weighted by molar-refractivity contribution is 0.537. The smallest absolute Gasteiger partial charge is 0.0926 e. The summed E-state index contributed by atoms with van der Waals surface area (Å²) in [4.78, 5) is 0. The summed E-state index contributed by atoms with van der Waals surface area (Å²) in [7, 11) is 0. The maximum absolute atomic E-state index is 4.57. The zero-order valence-corrected chi connectivity index (χ0v) is 9.86. The first-order valence-electron chi connectivity index (χ1n) is 5.56. The van der Waals surface area contributed by atoms with E-state index in [9.17, 15) is 0 Å². The van der Waals surface area contributed by atoms with E-state index in [1.165, 1.54) is 10.9 Å². The molecule has 2 aromatic rings. The molecular weight excluding hydrogens is 184 g/mol. The molecule has 2 rings (SSSR count). The topological polar surface area (TPSA) is 17.8 Å². The molecule has 0 amide bonds. The minimum absolute atomic E-state index is 0.430. The molecule has 0 aliphatic heterocycles. The molecule has 0 saturated heterocycles. The molecule has 0 fully saturated rings. The fraction of sp³-hybridized carbons (Fsp3) is 0.462. The summed E-state index contributed by atoms with van der Waals surface area (Å²) in [5, 5.41) is 5.80. The molecule has 0 aliphatic carbocycles. The fourth-order valence-electron chi connectivity index (χ4n) is 1.68. The SMILES string of the molecule is CC(C)c1ccc2cn(C(C)C)nc2c1. The van der Waals surface area contributed by atoms with Gasteiger partial charge in [-0.25, -0.2) is 0 Å². The van der Waals surface area contributed by atoms with Gasteiger partial charge in [0.05, 0.1) is 5.52 Å². The Hall–Kier alpha value is -1.31. The van der Waals surface area contributed by atoms with Crippen molar-refractivity contribution in [3.05, 3.63) is 30.0 Å². The van der Waals surface area contributed by atoms with E-state index in [0.29, 0.717) is 12.0 Å². The maximum atomic E-state index is 4.57. The van der Waals surface area contributed by atoms with E-state index in [-0.39, 0.29) is 0 Å². The Labute approximate surface area is 90.9 Å². The molecule has 0 radical (unpaired) electrons. The summed E-state index contributed by atoms with van der Waals surface area (Å²) in [6.45, 7) is 8.71. The first-order valence-corrected chi connectivity index (χ1v) is 5.56. The molecule has 0 aliphatic rings. The van der Waals surface area contributed by atoms with Crippen LogP contribution >= 0.6 is 0 Å². The van der Waals surface area contributed by atoms with Crippen LogP contribution in [0.2, 0.25) is 0 Å². The van der Waals surface area contributed by atoms with Gasteiger partial charge in [-0.3, -0.25) is 4.68 Å². The standard InChI is InChI=1S/C13H18N2/c1-9(2)11-5-6-12-8-15(10(3)4)14-13(12)7-11/h5-10H,1-4H3. The van der Waals surface area contributed by atoms with E-state index < -0.39 is 0 Å². The Bertz CT molecular complexity index is 460. The van der Waals surface area contributed by atoms with E-state index >= 15 is 0 Å². The van der Waals surface area contributed by atoms with Gasteiger partial charge in [-0.1, -0.05) is 26.0 Å². The van der Waals surface area contributed by atoms with Gasteiger partial charge in [-0.05, 0) is 31.4 Å². The van der Waals surface area contributed by atoms with Crippen LogP contribution in [0.1, 0.15) is 45.2 Å². The number of benzene rings is 1. The van der Waals surface area contributed by atoms with Crippen LogP contribution in [0.4, 0.5) is 0 Å². The Kier molecular flexibility index (Phi) is 2.51. The fourth-order valence-corrected chi connectivity index (χ4v) is 1.68. The van der Waals surface area contributed by atoms with Crippen molar-refractivity contribution in [3.8, 4) is 0 Å². The van der Waals surface area contributed by atoms with Crippen molar-refractivity contribution in [2.45, 2.75) is 39.7 Å². The molecule has 0 spiro atoms. The summed E-state index contributed by atoms with van der Waals surface area (Å²) in [5.74, 6) is 0.568. The van der Waals surface area contributed by atoms with Gasteiger partial charge in [-0.15, -0.1) is 0 Å². The van der Waals surface area contributed by atoms with Crippen molar-refractivity contribution >= 4 is 10.9 Å². The van der Waals surface area contributed by atoms with Crippen molar-refractivity contribution in [2.24, 2.45) is 0 Å². The first kappa shape index (κ1) is 10.2. The number of hydrogen-bond donors (Lipinski definition) is 0. The molecule has 1 heterocycles. The van der Waals surface area contributed by atoms with Crippen molar-refractivity contribution in [1.29, 1.82) is 0 Å². The Morgan fingerprint density at radius 2 is 1.87 bits per heavy atom. The van der Waals surface area contributed by atoms with Crippen LogP contribution in [0.15, 0.2) is 24.4 Å². The number of rotatable bonds is 2. The predicted octanol–water partition coefficient (Wildman–Crippen LogP) is 3.74. The second kappa shape index (κ2) is 3.69. The van der Waals surface area contributed by atoms with Crippen molar-refractivity contribution < 1.29 is 0 Å². The van der Waals surface area contributed by atoms with Crippen LogP contribution in [-0.4, -0.2) is 9.78 Å². The van der Waals surface area contributed by atoms with Crippen molar-refractivity contribution in [3.63, 3.8) is 0 Å². The Balaban J connectivity index is 2.52. The lowest BCUT2D eigenvalue weighted by Crippen LogP contribution is -1.99. The van der Waals surface area contributed by atoms with Crippen molar-refractivity contribution in [1.82, 2.24) is 9.78 Å². The number of hydrogen-bond acceptors (Lipinski definition) is 1. The zero-order chi connectivity index (χ0) is 11.0. The largest absolute Gasteiger partial charge is 0.269 e. The van der Waals surface area contributed by atoms with Gasteiger partial charge in [0.2, 0.25) is 0 Å². The lowest BCUT2D eigenvalue weighted by atomic mass is 10.0. The molecule has 0 unspecified atom stereocenters. The van der Waals surface area contributed by atoms with Gasteiger partial charge in [0.15, 0.2) is 0 Å². The maximum Gasteiger partial charge on any atom is 0.0926 e. The highest BCUT2D eigenvalue weighted by atomic mass is 15.3. The predicted molar refractivity (Wildman–Crippen MR) is 64.2 cm³/mol. The minimum Gasteiger partial charge on any atom is -0.269 e. The molecule has 1 aromatic heterocycles. The van der Waals surface area contributed by atoms with E-state index in [2.05, 4.69) is 57.2 Å². The summed E-state index contributed by atoms with van der Waals surface area (Å²) < 4.78 is 2.02. The van der Waals surface area contributed by atoms with Gasteiger partial charge < -0.3 is 0 Å². The average molecular weight is 202 g/mol. The van der Waals surface area contributed by atoms with Crippen LogP contribution in [0.25, 0.3) is 10.9 Å². The van der Waals surface area contributed by atoms with Gasteiger partial charge in [0.25, 0.3) is 0 Å². The highest BCUT2D eigenvalue weighted by molar-refractivity contribution is 5.78. The third kappa shape index (κ3) is 1.89. The zero-order valence-electron chi connectivity index (χ0n) is 9.86. The van der Waals surface area contributed by atoms with Gasteiger partial charge in [0, 0.05) is 17.6 Å². The molecule has 2 heteroatoms. The Morgan fingerprint density at radius 1 is 1.13 bits per heavy atom. The van der Waals surface area contributed by atoms with Gasteiger partial charge >= 0.3 is 0 Å². The molecular formula is C13H18N2. The summed E-state index contributed by atoms with van der Waals surface area (Å²) >= 11 is 0. The molecule has 0 N–H and O–H groups in total. The minimum atomic E-state index is 0.430. The van der Waals surface area contributed by atoms with E-state index in [1.807, 2.05) is 4.68 Å². The van der Waals surface area contributed by atoms with Crippen LogP contribution in [0.5, 0.6) is 0 Å². The normalized spacial score (nSPS) is 11.9. The second-order valence-electron chi connectivity index (χ2n) is 4.68. The van der Waals surface area contributed by atoms with E-state index in [4.69, 9.17) is 0 Å². The quantitative estimate of drug-likeness (QED) is 0.725. The van der Waals surface area contributed by atoms with Crippen LogP contribution < -0.4 is 0 Å². The van der Waals surface area contributed by atoms with Crippen LogP contribution in [0, 0.1) is 0 Å². The molecule has 2 nitrogen and oxygen atoms in total. The first-order chi connectivity index (χ1) is 7.08. The van der Waals surface area contributed by atoms with Gasteiger partial charge in [-0.2, -0.15) is 5.10 Å². The summed E-state index contributed by atoms with van der Waals surface area (Å²) in [6, 6.07) is 6.98. The van der Waals surface area contributed by atoms with Crippen LogP contribution in [0.3, 0.4) is 0 Å². The molecule has 0 atom stereocenters. The number of nitrogens with zero attached hydrogens (tertiary/aromatic N) is 2. The molecule has 0 bridgehead atoms. The third-order valence-corrected chi connectivity index (χ3v) is 2.74. The van der Waals surface area contributed by atoms with Gasteiger partial charge in [0.1, 0.15) is 0 Å². The monoisotopic (exact) mass is 202 g/mol. The van der Waals surface area contributed by atoms with E-state index in [1.54, 1.807) is 0 Å². The average Bonchev–Trinajstić information content (AvgIpc) is 2.59. The van der Waals surface area contributed by atoms with Crippen molar-refractivity contribution in [2.75, 3.05) is 0 Å². The molecule has 0 saturated carbocycles. The highest BCUT2D eigenvalue weighted by Gasteiger charge is 2.05. The summed E-state index contributed by atoms with van der Waals surface area (Å²) in [5.41, 5.74) is 2.46. The number of fused-ring (bicyclic) bond motifs is 1. The van der Waals surface area contributed by atoms with Crippen LogP contribution in [-0.2, 0) is 0 Å². The molecule has 1 aromatic carbocycles. The Morgan fingerprint density at radius 3 is 2.47 bits per heavy atom. The number of aromatic nitrogens is 2. The third-order valence-electron chi connectivity index (χ3n) is 2.74. The lowest BCUT2D eigenvalue weighted by Gasteiger charge is -2.03.